The van der Waals surface area contributed by atoms with Gasteiger partial charge in [0.1, 0.15) is 23.0 Å². The molecule has 122 valence electrons. The molecule has 0 saturated heterocycles. The van der Waals surface area contributed by atoms with E-state index in [0.29, 0.717) is 13.1 Å². The molecule has 0 fully saturated rings. The number of hydrogen-bond acceptors (Lipinski definition) is 6. The lowest BCUT2D eigenvalue weighted by atomic mass is 10.3. The van der Waals surface area contributed by atoms with Crippen LogP contribution in [-0.2, 0) is 0 Å². The highest BCUT2D eigenvalue weighted by atomic mass is 16.3. The standard InChI is InChI=1S/C16H16N6O2/c1-3-13(23-7-1)11-9-15(21-19-11)17-5-6-18-16-10-12(20-22-16)14-4-2-8-24-14/h1-4,7-10H,5-6H2,(H2,17,19,21)(H2,18,20,22). The fourth-order valence-corrected chi connectivity index (χ4v) is 2.32. The minimum Gasteiger partial charge on any atom is -0.463 e. The predicted molar refractivity (Wildman–Crippen MR) is 89.6 cm³/mol. The van der Waals surface area contributed by atoms with Crippen molar-refractivity contribution in [2.45, 2.75) is 0 Å². The molecular weight excluding hydrogens is 308 g/mol. The van der Waals surface area contributed by atoms with Crippen LogP contribution in [0.1, 0.15) is 0 Å². The lowest BCUT2D eigenvalue weighted by molar-refractivity contribution is 0.579. The van der Waals surface area contributed by atoms with Gasteiger partial charge in [-0.15, -0.1) is 0 Å². The first-order valence-electron chi connectivity index (χ1n) is 7.55. The van der Waals surface area contributed by atoms with Gasteiger partial charge >= 0.3 is 0 Å². The summed E-state index contributed by atoms with van der Waals surface area (Å²) in [5.74, 6) is 3.05. The van der Waals surface area contributed by atoms with Gasteiger partial charge in [-0.1, -0.05) is 0 Å². The molecule has 4 rings (SSSR count). The SMILES string of the molecule is c1coc(-c2cc(NCCNc3cc(-c4ccco4)[nH]n3)n[nH]2)c1. The van der Waals surface area contributed by atoms with E-state index in [2.05, 4.69) is 31.0 Å². The van der Waals surface area contributed by atoms with Crippen LogP contribution in [0.2, 0.25) is 0 Å². The van der Waals surface area contributed by atoms with Gasteiger partial charge in [0.25, 0.3) is 0 Å². The van der Waals surface area contributed by atoms with Gasteiger partial charge in [-0.2, -0.15) is 10.2 Å². The molecular formula is C16H16N6O2. The Morgan fingerprint density at radius 2 is 1.29 bits per heavy atom. The maximum absolute atomic E-state index is 5.32. The van der Waals surface area contributed by atoms with Crippen LogP contribution in [0.25, 0.3) is 22.9 Å². The van der Waals surface area contributed by atoms with Crippen LogP contribution in [-0.4, -0.2) is 33.5 Å². The maximum atomic E-state index is 5.32. The molecule has 24 heavy (non-hydrogen) atoms. The molecule has 0 amide bonds. The van der Waals surface area contributed by atoms with Crippen LogP contribution >= 0.6 is 0 Å². The van der Waals surface area contributed by atoms with E-state index in [-0.39, 0.29) is 0 Å². The Labute approximate surface area is 137 Å². The van der Waals surface area contributed by atoms with Crippen molar-refractivity contribution in [3.8, 4) is 22.9 Å². The first-order chi connectivity index (χ1) is 11.9. The Morgan fingerprint density at radius 1 is 0.792 bits per heavy atom. The quantitative estimate of drug-likeness (QED) is 0.389. The van der Waals surface area contributed by atoms with E-state index in [1.165, 1.54) is 0 Å². The van der Waals surface area contributed by atoms with Gasteiger partial charge in [0.05, 0.1) is 12.5 Å². The Bertz CT molecular complexity index is 801. The molecule has 0 atom stereocenters. The predicted octanol–water partition coefficient (Wildman–Crippen LogP) is 3.18. The molecule has 0 aliphatic carbocycles. The molecule has 4 aromatic rings. The molecule has 4 heterocycles. The average molecular weight is 324 g/mol. The van der Waals surface area contributed by atoms with E-state index < -0.39 is 0 Å². The maximum Gasteiger partial charge on any atom is 0.151 e. The Kier molecular flexibility index (Phi) is 3.77. The molecule has 4 aromatic heterocycles. The Morgan fingerprint density at radius 3 is 1.71 bits per heavy atom. The minimum atomic E-state index is 0.700. The number of nitrogens with zero attached hydrogens (tertiary/aromatic N) is 2. The van der Waals surface area contributed by atoms with Crippen molar-refractivity contribution in [3.63, 3.8) is 0 Å². The normalized spacial score (nSPS) is 10.8. The second-order valence-corrected chi connectivity index (χ2v) is 5.14. The van der Waals surface area contributed by atoms with Gasteiger partial charge in [-0.25, -0.2) is 0 Å². The zero-order chi connectivity index (χ0) is 16.2. The van der Waals surface area contributed by atoms with Crippen molar-refractivity contribution in [3.05, 3.63) is 48.9 Å². The molecule has 8 nitrogen and oxygen atoms in total. The molecule has 0 radical (unpaired) electrons. The number of aromatic amines is 2. The minimum absolute atomic E-state index is 0.700. The third kappa shape index (κ3) is 3.02. The summed E-state index contributed by atoms with van der Waals surface area (Å²) in [6.45, 7) is 1.40. The molecule has 0 saturated carbocycles. The summed E-state index contributed by atoms with van der Waals surface area (Å²) in [6.07, 6.45) is 3.27. The van der Waals surface area contributed by atoms with Crippen molar-refractivity contribution in [1.29, 1.82) is 0 Å². The second-order valence-electron chi connectivity index (χ2n) is 5.14. The Balaban J connectivity index is 1.26. The summed E-state index contributed by atoms with van der Waals surface area (Å²) in [6, 6.07) is 11.3. The molecule has 4 N–H and O–H groups in total. The zero-order valence-corrected chi connectivity index (χ0v) is 12.7. The van der Waals surface area contributed by atoms with Gasteiger partial charge in [0.15, 0.2) is 11.5 Å². The lowest BCUT2D eigenvalue weighted by Gasteiger charge is -2.03. The molecule has 0 spiro atoms. The van der Waals surface area contributed by atoms with E-state index in [0.717, 1.165) is 34.5 Å². The topological polar surface area (TPSA) is 108 Å². The number of hydrogen-bond donors (Lipinski definition) is 4. The summed E-state index contributed by atoms with van der Waals surface area (Å²) in [5, 5.41) is 20.7. The van der Waals surface area contributed by atoms with Gasteiger partial charge in [0.2, 0.25) is 0 Å². The lowest BCUT2D eigenvalue weighted by Crippen LogP contribution is -2.13. The molecule has 0 bridgehead atoms. The summed E-state index contributed by atoms with van der Waals surface area (Å²) in [5.41, 5.74) is 1.68. The third-order valence-electron chi connectivity index (χ3n) is 3.47. The van der Waals surface area contributed by atoms with Crippen LogP contribution in [0.3, 0.4) is 0 Å². The number of anilines is 2. The summed E-state index contributed by atoms with van der Waals surface area (Å²) < 4.78 is 10.6. The fraction of sp³-hybridized carbons (Fsp3) is 0.125. The van der Waals surface area contributed by atoms with Crippen molar-refractivity contribution >= 4 is 11.6 Å². The monoisotopic (exact) mass is 324 g/mol. The van der Waals surface area contributed by atoms with Crippen molar-refractivity contribution < 1.29 is 8.83 Å². The molecule has 0 aliphatic heterocycles. The van der Waals surface area contributed by atoms with E-state index in [9.17, 15) is 0 Å². The fourth-order valence-electron chi connectivity index (χ4n) is 2.32. The van der Waals surface area contributed by atoms with Gasteiger partial charge in [-0.05, 0) is 24.3 Å². The molecule has 0 aliphatic rings. The second kappa shape index (κ2) is 6.37. The van der Waals surface area contributed by atoms with E-state index in [1.54, 1.807) is 12.5 Å². The Hall–Kier alpha value is -3.42. The summed E-state index contributed by atoms with van der Waals surface area (Å²) in [4.78, 5) is 0. The molecule has 0 aromatic carbocycles. The van der Waals surface area contributed by atoms with Crippen molar-refractivity contribution in [2.75, 3.05) is 23.7 Å². The van der Waals surface area contributed by atoms with Crippen LogP contribution in [0.15, 0.2) is 57.8 Å². The largest absolute Gasteiger partial charge is 0.463 e. The van der Waals surface area contributed by atoms with Crippen LogP contribution < -0.4 is 10.6 Å². The highest BCUT2D eigenvalue weighted by Gasteiger charge is 2.06. The number of rotatable bonds is 7. The summed E-state index contributed by atoms with van der Waals surface area (Å²) >= 11 is 0. The highest BCUT2D eigenvalue weighted by Crippen LogP contribution is 2.20. The molecule has 8 heteroatoms. The number of aromatic nitrogens is 4. The third-order valence-corrected chi connectivity index (χ3v) is 3.47. The van der Waals surface area contributed by atoms with Gasteiger partial charge < -0.3 is 19.5 Å². The van der Waals surface area contributed by atoms with Gasteiger partial charge in [-0.3, -0.25) is 10.2 Å². The van der Waals surface area contributed by atoms with Crippen LogP contribution in [0, 0.1) is 0 Å². The van der Waals surface area contributed by atoms with Crippen molar-refractivity contribution in [2.24, 2.45) is 0 Å². The van der Waals surface area contributed by atoms with Crippen LogP contribution in [0.5, 0.6) is 0 Å². The van der Waals surface area contributed by atoms with E-state index >= 15 is 0 Å². The van der Waals surface area contributed by atoms with Crippen LogP contribution in [0.4, 0.5) is 11.6 Å². The number of H-pyrrole nitrogens is 2. The summed E-state index contributed by atoms with van der Waals surface area (Å²) in [7, 11) is 0. The van der Waals surface area contributed by atoms with E-state index in [1.807, 2.05) is 36.4 Å². The molecule has 0 unspecified atom stereocenters. The zero-order valence-electron chi connectivity index (χ0n) is 12.7. The first-order valence-corrected chi connectivity index (χ1v) is 7.55. The van der Waals surface area contributed by atoms with Crippen molar-refractivity contribution in [1.82, 2.24) is 20.4 Å². The number of furan rings is 2. The average Bonchev–Trinajstić information content (AvgIpc) is 3.40. The number of nitrogens with one attached hydrogen (secondary N) is 4. The smallest absolute Gasteiger partial charge is 0.151 e. The van der Waals surface area contributed by atoms with E-state index in [4.69, 9.17) is 8.83 Å². The highest BCUT2D eigenvalue weighted by molar-refractivity contribution is 5.58. The van der Waals surface area contributed by atoms with Gasteiger partial charge in [0, 0.05) is 25.2 Å². The first kappa shape index (κ1) is 14.2.